The van der Waals surface area contributed by atoms with Crippen LogP contribution >= 0.6 is 0 Å². The first-order chi connectivity index (χ1) is 11.1. The smallest absolute Gasteiger partial charge is 0.339 e. The van der Waals surface area contributed by atoms with E-state index in [-0.39, 0.29) is 0 Å². The number of para-hydroxylation sites is 1. The number of amides is 2. The molecule has 2 aromatic rings. The number of nitrogens with one attached hydrogen (secondary N) is 2. The summed E-state index contributed by atoms with van der Waals surface area (Å²) in [5, 5.41) is 6.78. The van der Waals surface area contributed by atoms with Crippen LogP contribution in [0.25, 0.3) is 0 Å². The highest BCUT2D eigenvalue weighted by Gasteiger charge is 2.08. The molecule has 0 radical (unpaired) electrons. The molecular formula is C17H19N3O3. The van der Waals surface area contributed by atoms with E-state index in [0.717, 1.165) is 5.56 Å². The van der Waals surface area contributed by atoms with Gasteiger partial charge in [0.15, 0.2) is 0 Å². The number of urea groups is 1. The highest BCUT2D eigenvalue weighted by molar-refractivity contribution is 6.02. The minimum Gasteiger partial charge on any atom is -0.497 e. The molecule has 0 unspecified atom stereocenters. The van der Waals surface area contributed by atoms with Crippen molar-refractivity contribution in [3.63, 3.8) is 0 Å². The van der Waals surface area contributed by atoms with Gasteiger partial charge >= 0.3 is 6.03 Å². The number of benzene rings is 2. The Morgan fingerprint density at radius 3 is 2.43 bits per heavy atom. The summed E-state index contributed by atoms with van der Waals surface area (Å²) in [6.45, 7) is 1.78. The SMILES string of the molecule is COc1ccc(/C(C)=N/NC(=O)Nc2ccccc2)c(OC)c1. The van der Waals surface area contributed by atoms with Crippen molar-refractivity contribution in [3.8, 4) is 11.5 Å². The average molecular weight is 313 g/mol. The van der Waals surface area contributed by atoms with Gasteiger partial charge in [0.05, 0.1) is 19.9 Å². The molecule has 0 aliphatic heterocycles. The number of methoxy groups -OCH3 is 2. The molecule has 6 nitrogen and oxygen atoms in total. The first-order valence-corrected chi connectivity index (χ1v) is 7.02. The fraction of sp³-hybridized carbons (Fsp3) is 0.176. The number of ether oxygens (including phenoxy) is 2. The lowest BCUT2D eigenvalue weighted by Gasteiger charge is -2.10. The molecule has 2 amide bonds. The van der Waals surface area contributed by atoms with Crippen LogP contribution in [0.3, 0.4) is 0 Å². The molecule has 0 saturated carbocycles. The largest absolute Gasteiger partial charge is 0.497 e. The van der Waals surface area contributed by atoms with Crippen molar-refractivity contribution < 1.29 is 14.3 Å². The number of nitrogens with zero attached hydrogens (tertiary/aromatic N) is 1. The van der Waals surface area contributed by atoms with E-state index in [2.05, 4.69) is 15.8 Å². The van der Waals surface area contributed by atoms with E-state index >= 15 is 0 Å². The Hall–Kier alpha value is -3.02. The molecule has 6 heteroatoms. The topological polar surface area (TPSA) is 72.0 Å². The summed E-state index contributed by atoms with van der Waals surface area (Å²) in [5.41, 5.74) is 4.54. The molecule has 0 aliphatic carbocycles. The van der Waals surface area contributed by atoms with Crippen molar-refractivity contribution >= 4 is 17.4 Å². The van der Waals surface area contributed by atoms with Gasteiger partial charge in [0.1, 0.15) is 11.5 Å². The Morgan fingerprint density at radius 1 is 1.04 bits per heavy atom. The number of carbonyl (C=O) groups is 1. The van der Waals surface area contributed by atoms with Crippen LogP contribution < -0.4 is 20.2 Å². The standard InChI is InChI=1S/C17H19N3O3/c1-12(15-10-9-14(22-2)11-16(15)23-3)19-20-17(21)18-13-7-5-4-6-8-13/h4-11H,1-3H3,(H2,18,20,21)/b19-12+. The summed E-state index contributed by atoms with van der Waals surface area (Å²) < 4.78 is 10.5. The molecule has 0 atom stereocenters. The van der Waals surface area contributed by atoms with E-state index in [1.54, 1.807) is 45.4 Å². The Kier molecular flexibility index (Phi) is 5.57. The highest BCUT2D eigenvalue weighted by atomic mass is 16.5. The fourth-order valence-corrected chi connectivity index (χ4v) is 1.97. The van der Waals surface area contributed by atoms with Crippen LogP contribution in [0.5, 0.6) is 11.5 Å². The lowest BCUT2D eigenvalue weighted by Crippen LogP contribution is -2.25. The van der Waals surface area contributed by atoms with Crippen LogP contribution in [0, 0.1) is 0 Å². The number of hydrogen-bond donors (Lipinski definition) is 2. The van der Waals surface area contributed by atoms with Gasteiger partial charge in [-0.1, -0.05) is 18.2 Å². The fourth-order valence-electron chi connectivity index (χ4n) is 1.97. The number of rotatable bonds is 5. The second kappa shape index (κ2) is 7.84. The number of hydrogen-bond acceptors (Lipinski definition) is 4. The molecule has 2 aromatic carbocycles. The Balaban J connectivity index is 2.06. The maximum Gasteiger partial charge on any atom is 0.339 e. The molecule has 0 aromatic heterocycles. The third-order valence-electron chi connectivity index (χ3n) is 3.16. The van der Waals surface area contributed by atoms with E-state index in [1.165, 1.54) is 0 Å². The lowest BCUT2D eigenvalue weighted by molar-refractivity contribution is 0.252. The molecule has 120 valence electrons. The molecule has 2 N–H and O–H groups in total. The number of carbonyl (C=O) groups excluding carboxylic acids is 1. The third-order valence-corrected chi connectivity index (χ3v) is 3.16. The zero-order valence-corrected chi connectivity index (χ0v) is 13.3. The van der Waals surface area contributed by atoms with E-state index in [4.69, 9.17) is 9.47 Å². The zero-order chi connectivity index (χ0) is 16.7. The van der Waals surface area contributed by atoms with E-state index in [9.17, 15) is 4.79 Å². The molecule has 23 heavy (non-hydrogen) atoms. The van der Waals surface area contributed by atoms with Crippen molar-refractivity contribution in [1.29, 1.82) is 0 Å². The highest BCUT2D eigenvalue weighted by Crippen LogP contribution is 2.25. The van der Waals surface area contributed by atoms with Crippen LogP contribution in [0.1, 0.15) is 12.5 Å². The molecular weight excluding hydrogens is 294 g/mol. The third kappa shape index (κ3) is 4.47. The van der Waals surface area contributed by atoms with Crippen LogP contribution in [-0.2, 0) is 0 Å². The summed E-state index contributed by atoms with van der Waals surface area (Å²) in [5.74, 6) is 1.31. The predicted molar refractivity (Wildman–Crippen MR) is 90.4 cm³/mol. The molecule has 0 saturated heterocycles. The van der Waals surface area contributed by atoms with Crippen LogP contribution in [0.4, 0.5) is 10.5 Å². The van der Waals surface area contributed by atoms with Crippen molar-refractivity contribution in [2.75, 3.05) is 19.5 Å². The number of hydrazone groups is 1. The van der Waals surface area contributed by atoms with Gasteiger partial charge in [0, 0.05) is 17.3 Å². The Morgan fingerprint density at radius 2 is 1.78 bits per heavy atom. The van der Waals surface area contributed by atoms with Gasteiger partial charge in [-0.2, -0.15) is 5.10 Å². The second-order valence-corrected chi connectivity index (χ2v) is 4.70. The van der Waals surface area contributed by atoms with E-state index in [1.807, 2.05) is 24.3 Å². The van der Waals surface area contributed by atoms with E-state index < -0.39 is 6.03 Å². The van der Waals surface area contributed by atoms with Crippen LogP contribution in [0.15, 0.2) is 53.6 Å². The first kappa shape index (κ1) is 16.4. The molecule has 2 rings (SSSR count). The van der Waals surface area contributed by atoms with Crippen molar-refractivity contribution in [2.24, 2.45) is 5.10 Å². The monoisotopic (exact) mass is 313 g/mol. The van der Waals surface area contributed by atoms with Crippen LogP contribution in [0.2, 0.25) is 0 Å². The summed E-state index contributed by atoms with van der Waals surface area (Å²) in [7, 11) is 3.16. The Labute approximate surface area is 135 Å². The normalized spacial score (nSPS) is 10.8. The zero-order valence-electron chi connectivity index (χ0n) is 13.3. The van der Waals surface area contributed by atoms with Crippen molar-refractivity contribution in [3.05, 3.63) is 54.1 Å². The Bertz CT molecular complexity index is 699. The summed E-state index contributed by atoms with van der Waals surface area (Å²) in [6, 6.07) is 14.1. The predicted octanol–water partition coefficient (Wildman–Crippen LogP) is 3.25. The molecule has 0 spiro atoms. The van der Waals surface area contributed by atoms with Gasteiger partial charge in [0.2, 0.25) is 0 Å². The maximum atomic E-state index is 11.8. The second-order valence-electron chi connectivity index (χ2n) is 4.70. The first-order valence-electron chi connectivity index (χ1n) is 7.02. The molecule has 0 fully saturated rings. The van der Waals surface area contributed by atoms with E-state index in [0.29, 0.717) is 22.9 Å². The molecule has 0 bridgehead atoms. The average Bonchev–Trinajstić information content (AvgIpc) is 2.60. The van der Waals surface area contributed by atoms with Crippen molar-refractivity contribution in [1.82, 2.24) is 5.43 Å². The van der Waals surface area contributed by atoms with Gasteiger partial charge in [-0.15, -0.1) is 0 Å². The summed E-state index contributed by atoms with van der Waals surface area (Å²) in [4.78, 5) is 11.8. The maximum absolute atomic E-state index is 11.8. The van der Waals surface area contributed by atoms with Gasteiger partial charge < -0.3 is 14.8 Å². The summed E-state index contributed by atoms with van der Waals surface area (Å²) in [6.07, 6.45) is 0. The van der Waals surface area contributed by atoms with Gasteiger partial charge in [0.25, 0.3) is 0 Å². The van der Waals surface area contributed by atoms with Gasteiger partial charge in [-0.05, 0) is 31.2 Å². The van der Waals surface area contributed by atoms with Gasteiger partial charge in [-0.3, -0.25) is 0 Å². The quantitative estimate of drug-likeness (QED) is 0.657. The molecule has 0 heterocycles. The lowest BCUT2D eigenvalue weighted by atomic mass is 10.1. The van der Waals surface area contributed by atoms with Crippen molar-refractivity contribution in [2.45, 2.75) is 6.92 Å². The van der Waals surface area contributed by atoms with Crippen LogP contribution in [-0.4, -0.2) is 26.0 Å². The minimum atomic E-state index is -0.414. The summed E-state index contributed by atoms with van der Waals surface area (Å²) >= 11 is 0. The number of anilines is 1. The minimum absolute atomic E-state index is 0.414. The molecule has 0 aliphatic rings. The van der Waals surface area contributed by atoms with Gasteiger partial charge in [-0.25, -0.2) is 10.2 Å².